The first kappa shape index (κ1) is 30.8. The van der Waals surface area contributed by atoms with Crippen LogP contribution in [-0.4, -0.2) is 60.9 Å². The fraction of sp³-hybridized carbons (Fsp3) is 0.250. The Bertz CT molecular complexity index is 1560. The van der Waals surface area contributed by atoms with Gasteiger partial charge in [0.05, 0.1) is 44.7 Å². The lowest BCUT2D eigenvalue weighted by molar-refractivity contribution is -0.119. The van der Waals surface area contributed by atoms with E-state index in [1.807, 2.05) is 0 Å². The number of benzene rings is 3. The smallest absolute Gasteiger partial charge is 0.265 e. The maximum Gasteiger partial charge on any atom is 0.265 e. The monoisotopic (exact) mass is 584 g/mol. The second-order valence-corrected chi connectivity index (χ2v) is 10.4. The summed E-state index contributed by atoms with van der Waals surface area (Å²) in [6.07, 6.45) is 0. The highest BCUT2D eigenvalue weighted by atomic mass is 32.2. The number of hydrazone groups is 1. The minimum atomic E-state index is -4.36. The molecule has 3 aromatic rings. The molecule has 0 unspecified atom stereocenters. The molecule has 0 fully saturated rings. The highest BCUT2D eigenvalue weighted by Crippen LogP contribution is 2.37. The van der Waals surface area contributed by atoms with Gasteiger partial charge in [-0.15, -0.1) is 0 Å². The summed E-state index contributed by atoms with van der Waals surface area (Å²) in [7, 11) is 1.28. The van der Waals surface area contributed by atoms with E-state index in [1.165, 1.54) is 65.7 Å². The van der Waals surface area contributed by atoms with Crippen molar-refractivity contribution in [3.8, 4) is 23.0 Å². The minimum absolute atomic E-state index is 0.0699. The number of carbonyl (C=O) groups is 2. The third kappa shape index (κ3) is 7.45. The van der Waals surface area contributed by atoms with Crippen LogP contribution in [0.15, 0.2) is 70.7 Å². The molecule has 41 heavy (non-hydrogen) atoms. The molecule has 0 heterocycles. The Morgan fingerprint density at radius 1 is 0.829 bits per heavy atom. The van der Waals surface area contributed by atoms with Crippen molar-refractivity contribution in [1.82, 2.24) is 5.43 Å². The average Bonchev–Trinajstić information content (AvgIpc) is 2.97. The van der Waals surface area contributed by atoms with Crippen LogP contribution >= 0.6 is 0 Å². The van der Waals surface area contributed by atoms with Gasteiger partial charge in [-0.1, -0.05) is 12.1 Å². The van der Waals surface area contributed by atoms with Gasteiger partial charge in [0.25, 0.3) is 15.9 Å². The number of hydrogen-bond acceptors (Lipinski definition) is 9. The van der Waals surface area contributed by atoms with Crippen LogP contribution in [-0.2, 0) is 19.6 Å². The van der Waals surface area contributed by atoms with E-state index in [0.717, 1.165) is 4.31 Å². The Balaban J connectivity index is 2.00. The number of rotatable bonds is 12. The van der Waals surface area contributed by atoms with Crippen LogP contribution in [0.4, 0.5) is 11.4 Å². The summed E-state index contributed by atoms with van der Waals surface area (Å²) < 4.78 is 50.1. The van der Waals surface area contributed by atoms with Crippen LogP contribution in [0, 0.1) is 0 Å². The highest BCUT2D eigenvalue weighted by Gasteiger charge is 2.31. The zero-order chi connectivity index (χ0) is 30.2. The van der Waals surface area contributed by atoms with E-state index < -0.39 is 22.5 Å². The first-order valence-electron chi connectivity index (χ1n) is 12.2. The predicted octanol–water partition coefficient (Wildman–Crippen LogP) is 3.42. The molecule has 0 atom stereocenters. The number of carbonyl (C=O) groups excluding carboxylic acids is 2. The first-order valence-corrected chi connectivity index (χ1v) is 13.7. The summed E-state index contributed by atoms with van der Waals surface area (Å²) in [5.41, 5.74) is 4.11. The van der Waals surface area contributed by atoms with Crippen LogP contribution in [0.25, 0.3) is 0 Å². The lowest BCUT2D eigenvalue weighted by Crippen LogP contribution is -2.40. The van der Waals surface area contributed by atoms with Gasteiger partial charge in [0, 0.05) is 24.7 Å². The largest absolute Gasteiger partial charge is 0.497 e. The van der Waals surface area contributed by atoms with Crippen molar-refractivity contribution in [1.29, 1.82) is 0 Å². The molecule has 0 aliphatic rings. The topological polar surface area (TPSA) is 145 Å². The molecule has 0 aliphatic heterocycles. The van der Waals surface area contributed by atoms with Crippen LogP contribution in [0.5, 0.6) is 23.0 Å². The molecule has 13 heteroatoms. The summed E-state index contributed by atoms with van der Waals surface area (Å²) >= 11 is 0. The Morgan fingerprint density at radius 3 is 2.15 bits per heavy atom. The number of sulfonamides is 1. The lowest BCUT2D eigenvalue weighted by atomic mass is 10.1. The van der Waals surface area contributed by atoms with Crippen molar-refractivity contribution in [3.05, 3.63) is 66.2 Å². The molecule has 0 bridgehead atoms. The molecule has 0 saturated heterocycles. The Morgan fingerprint density at radius 2 is 1.51 bits per heavy atom. The van der Waals surface area contributed by atoms with Crippen molar-refractivity contribution in [2.75, 3.05) is 44.6 Å². The van der Waals surface area contributed by atoms with E-state index in [9.17, 15) is 18.0 Å². The molecule has 2 amide bonds. The normalized spacial score (nSPS) is 11.3. The molecular formula is C28H32N4O8S. The zero-order valence-corrected chi connectivity index (χ0v) is 24.4. The number of nitrogens with one attached hydrogen (secondary N) is 2. The summed E-state index contributed by atoms with van der Waals surface area (Å²) in [6, 6.07) is 15.6. The van der Waals surface area contributed by atoms with E-state index in [2.05, 4.69) is 15.8 Å². The predicted molar refractivity (Wildman–Crippen MR) is 155 cm³/mol. The van der Waals surface area contributed by atoms with Crippen LogP contribution in [0.1, 0.15) is 19.4 Å². The van der Waals surface area contributed by atoms with Gasteiger partial charge < -0.3 is 24.3 Å². The number of nitrogens with zero attached hydrogens (tertiary/aromatic N) is 2. The highest BCUT2D eigenvalue weighted by molar-refractivity contribution is 7.92. The summed E-state index contributed by atoms with van der Waals surface area (Å²) in [5.74, 6) is 0.114. The van der Waals surface area contributed by atoms with Crippen molar-refractivity contribution >= 4 is 38.9 Å². The summed E-state index contributed by atoms with van der Waals surface area (Å²) in [6.45, 7) is 2.41. The first-order chi connectivity index (χ1) is 19.5. The van der Waals surface area contributed by atoms with E-state index in [-0.39, 0.29) is 28.0 Å². The Kier molecular flexibility index (Phi) is 10.1. The van der Waals surface area contributed by atoms with E-state index in [0.29, 0.717) is 28.5 Å². The van der Waals surface area contributed by atoms with Gasteiger partial charge >= 0.3 is 0 Å². The standard InChI is InChI=1S/C28H32N4O8S/c1-18(20-8-7-9-21(14-20)29-19(2)33)30-31-28(34)17-32(24-15-22(37-3)10-12-25(24)38-4)41(35,36)23-11-13-26(39-5)27(16-23)40-6/h7-16H,17H2,1-6H3,(H,29,33)(H,31,34)/b30-18-. The summed E-state index contributed by atoms with van der Waals surface area (Å²) in [4.78, 5) is 24.4. The zero-order valence-electron chi connectivity index (χ0n) is 23.5. The van der Waals surface area contributed by atoms with Crippen molar-refractivity contribution in [2.45, 2.75) is 18.7 Å². The Labute approximate surface area is 238 Å². The van der Waals surface area contributed by atoms with E-state index in [1.54, 1.807) is 37.3 Å². The van der Waals surface area contributed by atoms with Gasteiger partial charge in [-0.05, 0) is 48.9 Å². The van der Waals surface area contributed by atoms with Gasteiger partial charge in [0.2, 0.25) is 5.91 Å². The molecule has 0 radical (unpaired) electrons. The van der Waals surface area contributed by atoms with Crippen LogP contribution in [0.3, 0.4) is 0 Å². The molecule has 0 aromatic heterocycles. The van der Waals surface area contributed by atoms with E-state index in [4.69, 9.17) is 18.9 Å². The van der Waals surface area contributed by atoms with Crippen molar-refractivity contribution in [2.24, 2.45) is 5.10 Å². The maximum absolute atomic E-state index is 14.0. The molecule has 0 spiro atoms. The molecule has 0 saturated carbocycles. The second kappa shape index (κ2) is 13.5. The molecule has 3 rings (SSSR count). The molecule has 218 valence electrons. The SMILES string of the molecule is COc1ccc(OC)c(N(CC(=O)N/N=C(/C)c2cccc(NC(C)=O)c2)S(=O)(=O)c2ccc(OC)c(OC)c2)c1. The maximum atomic E-state index is 14.0. The summed E-state index contributed by atoms with van der Waals surface area (Å²) in [5, 5.41) is 6.82. The van der Waals surface area contributed by atoms with E-state index >= 15 is 0 Å². The van der Waals surface area contributed by atoms with Crippen LogP contribution in [0.2, 0.25) is 0 Å². The minimum Gasteiger partial charge on any atom is -0.497 e. The van der Waals surface area contributed by atoms with Gasteiger partial charge in [-0.2, -0.15) is 5.10 Å². The lowest BCUT2D eigenvalue weighted by Gasteiger charge is -2.26. The quantitative estimate of drug-likeness (QED) is 0.243. The number of anilines is 2. The van der Waals surface area contributed by atoms with Gasteiger partial charge in [-0.3, -0.25) is 13.9 Å². The third-order valence-corrected chi connectivity index (χ3v) is 7.59. The van der Waals surface area contributed by atoms with Crippen LogP contribution < -0.4 is 34.0 Å². The second-order valence-electron chi connectivity index (χ2n) is 8.56. The molecule has 0 aliphatic carbocycles. The van der Waals surface area contributed by atoms with Crippen molar-refractivity contribution in [3.63, 3.8) is 0 Å². The third-order valence-electron chi connectivity index (χ3n) is 5.83. The van der Waals surface area contributed by atoms with Gasteiger partial charge in [0.1, 0.15) is 18.0 Å². The average molecular weight is 585 g/mol. The fourth-order valence-corrected chi connectivity index (χ4v) is 5.24. The van der Waals surface area contributed by atoms with Gasteiger partial charge in [-0.25, -0.2) is 13.8 Å². The van der Waals surface area contributed by atoms with Crippen molar-refractivity contribution < 1.29 is 37.0 Å². The molecule has 12 nitrogen and oxygen atoms in total. The van der Waals surface area contributed by atoms with Gasteiger partial charge in [0.15, 0.2) is 11.5 Å². The number of amides is 2. The fourth-order valence-electron chi connectivity index (χ4n) is 3.80. The number of ether oxygens (including phenoxy) is 4. The molecule has 2 N–H and O–H groups in total. The molecular weight excluding hydrogens is 552 g/mol. The number of methoxy groups -OCH3 is 4. The Hall–Kier alpha value is -4.78. The number of hydrogen-bond donors (Lipinski definition) is 2. The molecule has 3 aromatic carbocycles.